The molecule has 19 heavy (non-hydrogen) atoms. The molecule has 1 aromatic heterocycles. The van der Waals surface area contributed by atoms with Gasteiger partial charge in [0, 0.05) is 19.5 Å². The summed E-state index contributed by atoms with van der Waals surface area (Å²) in [7, 11) is 2.12. The van der Waals surface area contributed by atoms with Gasteiger partial charge in [0.2, 0.25) is 5.91 Å². The van der Waals surface area contributed by atoms with Gasteiger partial charge in [-0.3, -0.25) is 4.79 Å². The third-order valence-electron chi connectivity index (χ3n) is 3.72. The normalized spacial score (nSPS) is 23.7. The van der Waals surface area contributed by atoms with Crippen LogP contribution in [0.1, 0.15) is 25.6 Å². The van der Waals surface area contributed by atoms with Crippen LogP contribution in [-0.4, -0.2) is 57.7 Å². The molecule has 1 aliphatic rings. The Balaban J connectivity index is 1.72. The fourth-order valence-electron chi connectivity index (χ4n) is 2.48. The first kappa shape index (κ1) is 13.9. The average molecular weight is 266 g/mol. The maximum atomic E-state index is 11.8. The van der Waals surface area contributed by atoms with Crippen molar-refractivity contribution in [1.82, 2.24) is 30.4 Å². The zero-order valence-corrected chi connectivity index (χ0v) is 11.9. The molecule has 0 saturated carbocycles. The molecular weight excluding hydrogens is 244 g/mol. The molecule has 0 aliphatic carbocycles. The van der Waals surface area contributed by atoms with Crippen molar-refractivity contribution in [2.24, 2.45) is 5.41 Å². The summed E-state index contributed by atoms with van der Waals surface area (Å²) in [4.78, 5) is 14.1. The summed E-state index contributed by atoms with van der Waals surface area (Å²) < 4.78 is 1.64. The molecule has 106 valence electrons. The predicted molar refractivity (Wildman–Crippen MR) is 70.4 cm³/mol. The Morgan fingerprint density at radius 3 is 2.89 bits per heavy atom. The number of carbonyl (C=O) groups excluding carboxylic acids is 1. The zero-order valence-electron chi connectivity index (χ0n) is 11.9. The van der Waals surface area contributed by atoms with Gasteiger partial charge in [-0.05, 0) is 42.8 Å². The second-order valence-electron chi connectivity index (χ2n) is 5.77. The van der Waals surface area contributed by atoms with Crippen molar-refractivity contribution in [3.63, 3.8) is 0 Å². The Labute approximate surface area is 113 Å². The lowest BCUT2D eigenvalue weighted by molar-refractivity contribution is -0.121. The second kappa shape index (κ2) is 5.64. The Morgan fingerprint density at radius 2 is 2.32 bits per heavy atom. The minimum Gasteiger partial charge on any atom is -0.355 e. The Bertz CT molecular complexity index is 445. The molecule has 7 heteroatoms. The van der Waals surface area contributed by atoms with Crippen LogP contribution in [-0.2, 0) is 11.3 Å². The Hall–Kier alpha value is -1.50. The summed E-state index contributed by atoms with van der Waals surface area (Å²) in [6.07, 6.45) is 1.55. The summed E-state index contributed by atoms with van der Waals surface area (Å²) in [5.41, 5.74) is 0.204. The summed E-state index contributed by atoms with van der Waals surface area (Å²) >= 11 is 0. The van der Waals surface area contributed by atoms with Gasteiger partial charge in [0.15, 0.2) is 0 Å². The number of tetrazole rings is 1. The van der Waals surface area contributed by atoms with Gasteiger partial charge in [0.25, 0.3) is 0 Å². The molecule has 0 radical (unpaired) electrons. The van der Waals surface area contributed by atoms with Gasteiger partial charge in [-0.1, -0.05) is 6.92 Å². The maximum absolute atomic E-state index is 11.8. The Kier molecular flexibility index (Phi) is 4.14. The lowest BCUT2D eigenvalue weighted by Gasteiger charge is -2.24. The van der Waals surface area contributed by atoms with Crippen LogP contribution in [0, 0.1) is 12.3 Å². The number of likely N-dealkylation sites (tertiary alicyclic amines) is 1. The molecule has 2 heterocycles. The van der Waals surface area contributed by atoms with Gasteiger partial charge in [0.1, 0.15) is 5.82 Å². The minimum atomic E-state index is 0.0608. The van der Waals surface area contributed by atoms with E-state index in [4.69, 9.17) is 0 Å². The molecule has 1 amide bonds. The smallest absolute Gasteiger partial charge is 0.221 e. The number of hydrogen-bond acceptors (Lipinski definition) is 5. The monoisotopic (exact) mass is 266 g/mol. The van der Waals surface area contributed by atoms with Crippen LogP contribution in [0.2, 0.25) is 0 Å². The summed E-state index contributed by atoms with van der Waals surface area (Å²) in [5, 5.41) is 14.2. The van der Waals surface area contributed by atoms with Crippen LogP contribution in [0.15, 0.2) is 0 Å². The van der Waals surface area contributed by atoms with E-state index in [-0.39, 0.29) is 11.3 Å². The molecule has 0 unspecified atom stereocenters. The van der Waals surface area contributed by atoms with Crippen LogP contribution in [0.3, 0.4) is 0 Å². The number of amides is 1. The van der Waals surface area contributed by atoms with Crippen molar-refractivity contribution >= 4 is 5.91 Å². The van der Waals surface area contributed by atoms with E-state index in [1.54, 1.807) is 4.68 Å². The fraction of sp³-hybridized carbons (Fsp3) is 0.833. The highest BCUT2D eigenvalue weighted by Crippen LogP contribution is 2.27. The molecule has 1 aliphatic heterocycles. The Morgan fingerprint density at radius 1 is 1.53 bits per heavy atom. The van der Waals surface area contributed by atoms with Gasteiger partial charge in [0.05, 0.1) is 6.54 Å². The van der Waals surface area contributed by atoms with Gasteiger partial charge < -0.3 is 10.2 Å². The van der Waals surface area contributed by atoms with Crippen LogP contribution in [0.5, 0.6) is 0 Å². The number of carbonyl (C=O) groups is 1. The third kappa shape index (κ3) is 3.73. The first-order valence-electron chi connectivity index (χ1n) is 6.67. The number of rotatable bonds is 5. The minimum absolute atomic E-state index is 0.0608. The van der Waals surface area contributed by atoms with Gasteiger partial charge in [-0.2, -0.15) is 0 Å². The van der Waals surface area contributed by atoms with Gasteiger partial charge in [-0.25, -0.2) is 4.68 Å². The van der Waals surface area contributed by atoms with E-state index in [9.17, 15) is 4.79 Å². The van der Waals surface area contributed by atoms with Gasteiger partial charge >= 0.3 is 0 Å². The van der Waals surface area contributed by atoms with Crippen molar-refractivity contribution < 1.29 is 4.79 Å². The van der Waals surface area contributed by atoms with E-state index in [0.717, 1.165) is 31.9 Å². The second-order valence-corrected chi connectivity index (χ2v) is 5.77. The van der Waals surface area contributed by atoms with E-state index in [1.807, 2.05) is 6.92 Å². The van der Waals surface area contributed by atoms with Crippen LogP contribution in [0.25, 0.3) is 0 Å². The standard InChI is InChI=1S/C12H22N6O/c1-10-14-15-16-18(10)6-4-11(19)13-8-12(2)5-7-17(3)9-12/h4-9H2,1-3H3,(H,13,19)/t12-/m0/s1. The molecule has 0 spiro atoms. The summed E-state index contributed by atoms with van der Waals surface area (Å²) in [5.74, 6) is 0.794. The molecule has 0 aromatic carbocycles. The first-order chi connectivity index (χ1) is 8.98. The fourth-order valence-corrected chi connectivity index (χ4v) is 2.48. The highest BCUT2D eigenvalue weighted by molar-refractivity contribution is 5.75. The topological polar surface area (TPSA) is 75.9 Å². The number of nitrogens with one attached hydrogen (secondary N) is 1. The quantitative estimate of drug-likeness (QED) is 0.801. The highest BCUT2D eigenvalue weighted by atomic mass is 16.1. The number of aryl methyl sites for hydroxylation is 2. The summed E-state index contributed by atoms with van der Waals surface area (Å²) in [6, 6.07) is 0. The number of hydrogen-bond donors (Lipinski definition) is 1. The molecule has 1 fully saturated rings. The van der Waals surface area contributed by atoms with Crippen molar-refractivity contribution in [2.45, 2.75) is 33.2 Å². The van der Waals surface area contributed by atoms with Crippen LogP contribution < -0.4 is 5.32 Å². The van der Waals surface area contributed by atoms with Crippen LogP contribution in [0.4, 0.5) is 0 Å². The molecule has 1 saturated heterocycles. The largest absolute Gasteiger partial charge is 0.355 e. The van der Waals surface area contributed by atoms with Crippen molar-refractivity contribution in [3.8, 4) is 0 Å². The maximum Gasteiger partial charge on any atom is 0.221 e. The molecular formula is C12H22N6O. The molecule has 0 bridgehead atoms. The SMILES string of the molecule is Cc1nnnn1CCC(=O)NC[C@]1(C)CCN(C)C1. The highest BCUT2D eigenvalue weighted by Gasteiger charge is 2.32. The van der Waals surface area contributed by atoms with Crippen molar-refractivity contribution in [1.29, 1.82) is 0 Å². The predicted octanol–water partition coefficient (Wildman–Crippen LogP) is -0.170. The van der Waals surface area contributed by atoms with Crippen LogP contribution >= 0.6 is 0 Å². The lowest BCUT2D eigenvalue weighted by Crippen LogP contribution is -2.37. The molecule has 2 rings (SSSR count). The zero-order chi connectivity index (χ0) is 13.9. The van der Waals surface area contributed by atoms with E-state index >= 15 is 0 Å². The number of nitrogens with zero attached hydrogens (tertiary/aromatic N) is 5. The average Bonchev–Trinajstić information content (AvgIpc) is 2.91. The van der Waals surface area contributed by atoms with E-state index in [1.165, 1.54) is 0 Å². The molecule has 7 nitrogen and oxygen atoms in total. The third-order valence-corrected chi connectivity index (χ3v) is 3.72. The molecule has 1 N–H and O–H groups in total. The van der Waals surface area contributed by atoms with E-state index in [0.29, 0.717) is 13.0 Å². The van der Waals surface area contributed by atoms with E-state index < -0.39 is 0 Å². The lowest BCUT2D eigenvalue weighted by atomic mass is 9.90. The molecule has 1 atom stereocenters. The molecule has 1 aromatic rings. The summed E-state index contributed by atoms with van der Waals surface area (Å²) in [6.45, 7) is 7.47. The number of aromatic nitrogens is 4. The van der Waals surface area contributed by atoms with Crippen molar-refractivity contribution in [2.75, 3.05) is 26.7 Å². The van der Waals surface area contributed by atoms with E-state index in [2.05, 4.69) is 39.7 Å². The van der Waals surface area contributed by atoms with Crippen molar-refractivity contribution in [3.05, 3.63) is 5.82 Å². The first-order valence-corrected chi connectivity index (χ1v) is 6.67. The van der Waals surface area contributed by atoms with Gasteiger partial charge in [-0.15, -0.1) is 5.10 Å².